The lowest BCUT2D eigenvalue weighted by molar-refractivity contribution is -0.118. The number of para-hydroxylation sites is 2. The number of rotatable bonds is 7. The number of carbonyl (C=O) groups excluding carboxylic acids is 1. The Bertz CT molecular complexity index is 1620. The van der Waals surface area contributed by atoms with Crippen LogP contribution in [-0.2, 0) is 4.79 Å². The first kappa shape index (κ1) is 25.3. The Kier molecular flexibility index (Phi) is 7.65. The third-order valence-corrected chi connectivity index (χ3v) is 7.11. The number of amides is 1. The number of carbonyl (C=O) groups is 1. The van der Waals surface area contributed by atoms with Crippen molar-refractivity contribution in [2.24, 2.45) is 5.10 Å². The molecular formula is C24H17Br2FN4O5. The van der Waals surface area contributed by atoms with Gasteiger partial charge in [0.15, 0.2) is 18.1 Å². The predicted octanol–water partition coefficient (Wildman–Crippen LogP) is 4.26. The molecule has 0 aliphatic heterocycles. The van der Waals surface area contributed by atoms with Crippen LogP contribution in [0.4, 0.5) is 10.1 Å². The van der Waals surface area contributed by atoms with E-state index >= 15 is 0 Å². The number of nitrogens with one attached hydrogen (secondary N) is 2. The molecule has 1 aromatic heterocycles. The summed E-state index contributed by atoms with van der Waals surface area (Å²) in [4.78, 5) is 39.9. The van der Waals surface area contributed by atoms with E-state index in [9.17, 15) is 18.8 Å². The van der Waals surface area contributed by atoms with E-state index in [4.69, 9.17) is 9.47 Å². The fourth-order valence-corrected chi connectivity index (χ4v) is 4.18. The summed E-state index contributed by atoms with van der Waals surface area (Å²) in [5, 5.41) is 6.79. The molecule has 4 aromatic rings. The third kappa shape index (κ3) is 5.24. The van der Waals surface area contributed by atoms with Gasteiger partial charge in [-0.25, -0.2) is 9.18 Å². The second-order valence-corrected chi connectivity index (χ2v) is 8.87. The Morgan fingerprint density at radius 1 is 1.14 bits per heavy atom. The molecule has 0 saturated carbocycles. The van der Waals surface area contributed by atoms with Gasteiger partial charge in [-0.15, -0.1) is 4.68 Å². The van der Waals surface area contributed by atoms with E-state index in [0.717, 1.165) is 0 Å². The largest absolute Gasteiger partial charge is 0.493 e. The summed E-state index contributed by atoms with van der Waals surface area (Å²) in [6.07, 6.45) is 1.30. The fraction of sp³-hybridized carbons (Fsp3) is 0.0833. The number of H-pyrrole nitrogens is 1. The van der Waals surface area contributed by atoms with Crippen LogP contribution in [0.5, 0.6) is 11.5 Å². The van der Waals surface area contributed by atoms with Crippen LogP contribution in [0.2, 0.25) is 0 Å². The number of benzene rings is 3. The number of nitrogens with zero attached hydrogens (tertiary/aromatic N) is 2. The Morgan fingerprint density at radius 3 is 2.61 bits per heavy atom. The Labute approximate surface area is 219 Å². The molecule has 2 N–H and O–H groups in total. The lowest BCUT2D eigenvalue weighted by Crippen LogP contribution is -2.32. The van der Waals surface area contributed by atoms with E-state index in [1.165, 1.54) is 31.5 Å². The number of aromatic nitrogens is 2. The van der Waals surface area contributed by atoms with Crippen LogP contribution >= 0.6 is 31.9 Å². The van der Waals surface area contributed by atoms with Gasteiger partial charge in [-0.3, -0.25) is 9.59 Å². The first-order chi connectivity index (χ1) is 17.3. The number of ether oxygens (including phenoxy) is 2. The van der Waals surface area contributed by atoms with Crippen LogP contribution in [0.25, 0.3) is 10.9 Å². The highest BCUT2D eigenvalue weighted by molar-refractivity contribution is 9.13. The van der Waals surface area contributed by atoms with Gasteiger partial charge < -0.3 is 19.8 Å². The van der Waals surface area contributed by atoms with Crippen LogP contribution in [0.1, 0.15) is 5.56 Å². The van der Waals surface area contributed by atoms with Gasteiger partial charge in [-0.1, -0.05) is 24.3 Å². The number of fused-ring (bicyclic) bond motifs is 1. The predicted molar refractivity (Wildman–Crippen MR) is 141 cm³/mol. The topological polar surface area (TPSA) is 115 Å². The zero-order chi connectivity index (χ0) is 25.8. The second-order valence-electron chi connectivity index (χ2n) is 7.28. The van der Waals surface area contributed by atoms with Gasteiger partial charge >= 0.3 is 5.69 Å². The molecule has 0 aliphatic rings. The molecule has 1 amide bonds. The Morgan fingerprint density at radius 2 is 1.86 bits per heavy atom. The number of hydrogen-bond donors (Lipinski definition) is 2. The zero-order valence-corrected chi connectivity index (χ0v) is 21.7. The van der Waals surface area contributed by atoms with E-state index in [1.807, 2.05) is 0 Å². The van der Waals surface area contributed by atoms with Crippen LogP contribution in [0.3, 0.4) is 0 Å². The van der Waals surface area contributed by atoms with Crippen molar-refractivity contribution in [1.29, 1.82) is 0 Å². The van der Waals surface area contributed by atoms with Crippen LogP contribution in [0.15, 0.2) is 78.2 Å². The maximum absolute atomic E-state index is 13.8. The molecule has 1 heterocycles. The molecule has 184 valence electrons. The van der Waals surface area contributed by atoms with E-state index in [-0.39, 0.29) is 17.2 Å². The molecule has 0 atom stereocenters. The summed E-state index contributed by atoms with van der Waals surface area (Å²) in [5.74, 6) is -0.706. The van der Waals surface area contributed by atoms with Gasteiger partial charge in [0, 0.05) is 10.0 Å². The number of halogens is 3. The number of anilines is 1. The molecular weight excluding hydrogens is 603 g/mol. The molecule has 0 radical (unpaired) electrons. The van der Waals surface area contributed by atoms with Crippen molar-refractivity contribution in [2.45, 2.75) is 0 Å². The standard InChI is InChI=1S/C24H17Br2FN4O5/c1-35-18-10-13(11-28-31-23(33)14-6-2-4-8-16(14)30-24(31)34)20(25)21(26)22(18)36-12-19(32)29-17-9-5-3-7-15(17)27/h2-11H,12H2,1H3,(H,29,32)(H,30,34). The van der Waals surface area contributed by atoms with Crippen LogP contribution < -0.4 is 26.0 Å². The van der Waals surface area contributed by atoms with Gasteiger partial charge in [0.1, 0.15) is 5.82 Å². The highest BCUT2D eigenvalue weighted by Gasteiger charge is 2.18. The summed E-state index contributed by atoms with van der Waals surface area (Å²) in [6.45, 7) is -0.426. The summed E-state index contributed by atoms with van der Waals surface area (Å²) in [7, 11) is 1.40. The van der Waals surface area contributed by atoms with Crippen molar-refractivity contribution in [3.05, 3.63) is 95.8 Å². The van der Waals surface area contributed by atoms with Crippen molar-refractivity contribution in [2.75, 3.05) is 19.0 Å². The first-order valence-electron chi connectivity index (χ1n) is 10.3. The number of aromatic amines is 1. The Balaban J connectivity index is 1.59. The van der Waals surface area contributed by atoms with Gasteiger partial charge in [-0.2, -0.15) is 5.10 Å². The molecule has 0 saturated heterocycles. The average molecular weight is 620 g/mol. The van der Waals surface area contributed by atoms with Gasteiger partial charge in [0.2, 0.25) is 0 Å². The lowest BCUT2D eigenvalue weighted by Gasteiger charge is -2.15. The van der Waals surface area contributed by atoms with Crippen LogP contribution in [-0.4, -0.2) is 35.5 Å². The molecule has 0 bridgehead atoms. The molecule has 0 unspecified atom stereocenters. The van der Waals surface area contributed by atoms with E-state index < -0.39 is 29.6 Å². The zero-order valence-electron chi connectivity index (χ0n) is 18.6. The molecule has 4 rings (SSSR count). The maximum Gasteiger partial charge on any atom is 0.349 e. The molecule has 36 heavy (non-hydrogen) atoms. The number of hydrogen-bond acceptors (Lipinski definition) is 6. The molecule has 0 fully saturated rings. The molecule has 0 aliphatic carbocycles. The monoisotopic (exact) mass is 618 g/mol. The van der Waals surface area contributed by atoms with Crippen molar-refractivity contribution in [3.63, 3.8) is 0 Å². The van der Waals surface area contributed by atoms with Crippen molar-refractivity contribution >= 4 is 60.6 Å². The summed E-state index contributed by atoms with van der Waals surface area (Å²) in [6, 6.07) is 13.9. The average Bonchev–Trinajstić information content (AvgIpc) is 2.87. The number of methoxy groups -OCH3 is 1. The third-order valence-electron chi connectivity index (χ3n) is 4.97. The SMILES string of the molecule is COc1cc(C=Nn2c(=O)[nH]c3ccccc3c2=O)c(Br)c(Br)c1OCC(=O)Nc1ccccc1F. The molecule has 12 heteroatoms. The smallest absolute Gasteiger partial charge is 0.349 e. The quantitative estimate of drug-likeness (QED) is 0.300. The van der Waals surface area contributed by atoms with E-state index in [0.29, 0.717) is 30.1 Å². The maximum atomic E-state index is 13.8. The van der Waals surface area contributed by atoms with Crippen LogP contribution in [0, 0.1) is 5.82 Å². The lowest BCUT2D eigenvalue weighted by atomic mass is 10.2. The highest BCUT2D eigenvalue weighted by Crippen LogP contribution is 2.42. The summed E-state index contributed by atoms with van der Waals surface area (Å²) >= 11 is 6.82. The highest BCUT2D eigenvalue weighted by atomic mass is 79.9. The van der Waals surface area contributed by atoms with Gasteiger partial charge in [0.05, 0.1) is 34.4 Å². The summed E-state index contributed by atoms with van der Waals surface area (Å²) in [5.41, 5.74) is -0.387. The fourth-order valence-electron chi connectivity index (χ4n) is 3.25. The van der Waals surface area contributed by atoms with Crippen molar-refractivity contribution < 1.29 is 18.7 Å². The van der Waals surface area contributed by atoms with E-state index in [1.54, 1.807) is 36.4 Å². The minimum atomic E-state index is -0.696. The van der Waals surface area contributed by atoms with Crippen molar-refractivity contribution in [1.82, 2.24) is 9.66 Å². The molecule has 9 nitrogen and oxygen atoms in total. The first-order valence-corrected chi connectivity index (χ1v) is 11.9. The minimum Gasteiger partial charge on any atom is -0.493 e. The molecule has 0 spiro atoms. The molecule has 3 aromatic carbocycles. The van der Waals surface area contributed by atoms with Gasteiger partial charge in [0.25, 0.3) is 11.5 Å². The summed E-state index contributed by atoms with van der Waals surface area (Å²) < 4.78 is 26.3. The van der Waals surface area contributed by atoms with Crippen molar-refractivity contribution in [3.8, 4) is 11.5 Å². The minimum absolute atomic E-state index is 0.0313. The van der Waals surface area contributed by atoms with E-state index in [2.05, 4.69) is 47.3 Å². The Hall–Kier alpha value is -3.77. The second kappa shape index (κ2) is 10.9. The normalized spacial score (nSPS) is 11.1. The van der Waals surface area contributed by atoms with Gasteiger partial charge in [-0.05, 0) is 62.2 Å².